The molecule has 0 aliphatic heterocycles. The first-order valence-corrected chi connectivity index (χ1v) is 7.15. The Labute approximate surface area is 108 Å². The van der Waals surface area contributed by atoms with Gasteiger partial charge in [-0.2, -0.15) is 0 Å². The van der Waals surface area contributed by atoms with E-state index < -0.39 is 0 Å². The molecule has 0 amide bonds. The Morgan fingerprint density at radius 1 is 0.882 bits per heavy atom. The van der Waals surface area contributed by atoms with E-state index in [4.69, 9.17) is 9.47 Å². The van der Waals surface area contributed by atoms with Crippen LogP contribution in [0.1, 0.15) is 52.9 Å². The summed E-state index contributed by atoms with van der Waals surface area (Å²) in [5, 5.41) is 0. The van der Waals surface area contributed by atoms with Crippen LogP contribution in [0.3, 0.4) is 0 Å². The molecule has 0 bridgehead atoms. The molecule has 2 atom stereocenters. The van der Waals surface area contributed by atoms with E-state index in [9.17, 15) is 0 Å². The quantitative estimate of drug-likeness (QED) is 0.509. The lowest BCUT2D eigenvalue weighted by atomic mass is 9.81. The third kappa shape index (κ3) is 7.77. The van der Waals surface area contributed by atoms with Crippen LogP contribution in [0.5, 0.6) is 0 Å². The van der Waals surface area contributed by atoms with Gasteiger partial charge in [-0.1, -0.05) is 46.5 Å². The van der Waals surface area contributed by atoms with Gasteiger partial charge in [-0.3, -0.25) is 0 Å². The number of methoxy groups -OCH3 is 2. The maximum atomic E-state index is 5.38. The van der Waals surface area contributed by atoms with E-state index in [1.54, 1.807) is 7.11 Å². The fourth-order valence-electron chi connectivity index (χ4n) is 2.53. The molecular formula is C15H32O2. The van der Waals surface area contributed by atoms with Gasteiger partial charge in [0.05, 0.1) is 0 Å². The summed E-state index contributed by atoms with van der Waals surface area (Å²) in [6, 6.07) is 0. The van der Waals surface area contributed by atoms with Gasteiger partial charge in [0, 0.05) is 27.4 Å². The van der Waals surface area contributed by atoms with Gasteiger partial charge in [0.25, 0.3) is 0 Å². The average Bonchev–Trinajstić information content (AvgIpc) is 2.30. The van der Waals surface area contributed by atoms with Gasteiger partial charge in [-0.15, -0.1) is 0 Å². The molecule has 0 saturated heterocycles. The van der Waals surface area contributed by atoms with Gasteiger partial charge < -0.3 is 9.47 Å². The fraction of sp³-hybridized carbons (Fsp3) is 1.00. The minimum atomic E-state index is 0.626. The molecule has 0 aliphatic rings. The lowest BCUT2D eigenvalue weighted by Gasteiger charge is -2.29. The highest BCUT2D eigenvalue weighted by Gasteiger charge is 2.24. The zero-order valence-electron chi connectivity index (χ0n) is 12.5. The predicted molar refractivity (Wildman–Crippen MR) is 74.3 cm³/mol. The summed E-state index contributed by atoms with van der Waals surface area (Å²) in [5.74, 6) is 1.94. The van der Waals surface area contributed by atoms with E-state index in [2.05, 4.69) is 20.8 Å². The van der Waals surface area contributed by atoms with Crippen LogP contribution in [0.25, 0.3) is 0 Å². The maximum absolute atomic E-state index is 5.38. The van der Waals surface area contributed by atoms with E-state index in [1.807, 2.05) is 7.11 Å². The van der Waals surface area contributed by atoms with Crippen LogP contribution in [-0.4, -0.2) is 27.4 Å². The lowest BCUT2D eigenvalue weighted by molar-refractivity contribution is 0.0433. The Hall–Kier alpha value is -0.0800. The molecule has 2 nitrogen and oxygen atoms in total. The molecule has 0 heterocycles. The first-order valence-electron chi connectivity index (χ1n) is 7.15. The van der Waals surface area contributed by atoms with Crippen LogP contribution in [0.4, 0.5) is 0 Å². The molecule has 0 aliphatic carbocycles. The topological polar surface area (TPSA) is 18.5 Å². The van der Waals surface area contributed by atoms with Crippen molar-refractivity contribution in [1.82, 2.24) is 0 Å². The Balaban J connectivity index is 4.14. The minimum absolute atomic E-state index is 0.626. The molecular weight excluding hydrogens is 212 g/mol. The van der Waals surface area contributed by atoms with Crippen LogP contribution >= 0.6 is 0 Å². The first-order chi connectivity index (χ1) is 8.17. The predicted octanol–water partition coefficient (Wildman–Crippen LogP) is 4.14. The Morgan fingerprint density at radius 3 is 2.00 bits per heavy atom. The third-order valence-corrected chi connectivity index (χ3v) is 3.63. The monoisotopic (exact) mass is 244 g/mol. The lowest BCUT2D eigenvalue weighted by Crippen LogP contribution is -2.28. The SMILES string of the molecule is CCCCCCC(COC)C(COC)C(C)C. The summed E-state index contributed by atoms with van der Waals surface area (Å²) in [6.07, 6.45) is 6.63. The van der Waals surface area contributed by atoms with Crippen LogP contribution in [0, 0.1) is 17.8 Å². The van der Waals surface area contributed by atoms with Crippen molar-refractivity contribution >= 4 is 0 Å². The number of hydrogen-bond donors (Lipinski definition) is 0. The van der Waals surface area contributed by atoms with Crippen molar-refractivity contribution in [3.8, 4) is 0 Å². The molecule has 0 N–H and O–H groups in total. The molecule has 0 spiro atoms. The zero-order chi connectivity index (χ0) is 13.1. The van der Waals surface area contributed by atoms with E-state index in [-0.39, 0.29) is 0 Å². The van der Waals surface area contributed by atoms with Gasteiger partial charge in [0.2, 0.25) is 0 Å². The number of rotatable bonds is 11. The molecule has 2 unspecified atom stereocenters. The highest BCUT2D eigenvalue weighted by Crippen LogP contribution is 2.26. The van der Waals surface area contributed by atoms with E-state index in [1.165, 1.54) is 32.1 Å². The van der Waals surface area contributed by atoms with Crippen LogP contribution in [-0.2, 0) is 9.47 Å². The van der Waals surface area contributed by atoms with Gasteiger partial charge in [0.15, 0.2) is 0 Å². The van der Waals surface area contributed by atoms with Crippen molar-refractivity contribution in [3.05, 3.63) is 0 Å². The molecule has 104 valence electrons. The minimum Gasteiger partial charge on any atom is -0.384 e. The Kier molecular flexibility index (Phi) is 11.0. The number of ether oxygens (including phenoxy) is 2. The molecule has 0 rings (SSSR count). The molecule has 0 radical (unpaired) electrons. The van der Waals surface area contributed by atoms with Crippen LogP contribution in [0.15, 0.2) is 0 Å². The fourth-order valence-corrected chi connectivity index (χ4v) is 2.53. The molecule has 2 heteroatoms. The molecule has 0 saturated carbocycles. The number of hydrogen-bond acceptors (Lipinski definition) is 2. The Bertz CT molecular complexity index is 157. The molecule has 0 aromatic carbocycles. The van der Waals surface area contributed by atoms with Crippen molar-refractivity contribution < 1.29 is 9.47 Å². The molecule has 0 aromatic rings. The van der Waals surface area contributed by atoms with Crippen molar-refractivity contribution in [3.63, 3.8) is 0 Å². The third-order valence-electron chi connectivity index (χ3n) is 3.63. The standard InChI is InChI=1S/C15H32O2/c1-6-7-8-9-10-14(11-16-4)15(12-17-5)13(2)3/h13-15H,6-12H2,1-5H3. The number of unbranched alkanes of at least 4 members (excludes halogenated alkanes) is 3. The first kappa shape index (κ1) is 16.9. The van der Waals surface area contributed by atoms with Gasteiger partial charge in [0.1, 0.15) is 0 Å². The normalized spacial score (nSPS) is 15.2. The van der Waals surface area contributed by atoms with Gasteiger partial charge in [-0.05, 0) is 24.2 Å². The second-order valence-electron chi connectivity index (χ2n) is 5.43. The zero-order valence-corrected chi connectivity index (χ0v) is 12.5. The molecule has 0 fully saturated rings. The highest BCUT2D eigenvalue weighted by molar-refractivity contribution is 4.73. The van der Waals surface area contributed by atoms with Gasteiger partial charge >= 0.3 is 0 Å². The van der Waals surface area contributed by atoms with Crippen molar-refractivity contribution in [2.24, 2.45) is 17.8 Å². The van der Waals surface area contributed by atoms with Crippen LogP contribution < -0.4 is 0 Å². The van der Waals surface area contributed by atoms with E-state index in [0.717, 1.165) is 13.2 Å². The van der Waals surface area contributed by atoms with E-state index in [0.29, 0.717) is 17.8 Å². The van der Waals surface area contributed by atoms with Crippen LogP contribution in [0.2, 0.25) is 0 Å². The summed E-state index contributed by atoms with van der Waals surface area (Å²) in [5.41, 5.74) is 0. The molecule has 0 aromatic heterocycles. The second kappa shape index (κ2) is 11.0. The Morgan fingerprint density at radius 2 is 1.53 bits per heavy atom. The van der Waals surface area contributed by atoms with Crippen molar-refractivity contribution in [1.29, 1.82) is 0 Å². The average molecular weight is 244 g/mol. The summed E-state index contributed by atoms with van der Waals surface area (Å²) in [4.78, 5) is 0. The van der Waals surface area contributed by atoms with E-state index >= 15 is 0 Å². The van der Waals surface area contributed by atoms with Gasteiger partial charge in [-0.25, -0.2) is 0 Å². The summed E-state index contributed by atoms with van der Waals surface area (Å²) < 4.78 is 10.7. The summed E-state index contributed by atoms with van der Waals surface area (Å²) in [6.45, 7) is 8.57. The summed E-state index contributed by atoms with van der Waals surface area (Å²) >= 11 is 0. The van der Waals surface area contributed by atoms with Crippen molar-refractivity contribution in [2.75, 3.05) is 27.4 Å². The smallest absolute Gasteiger partial charge is 0.0496 e. The molecule has 17 heavy (non-hydrogen) atoms. The maximum Gasteiger partial charge on any atom is 0.0496 e. The largest absolute Gasteiger partial charge is 0.384 e. The van der Waals surface area contributed by atoms with Crippen molar-refractivity contribution in [2.45, 2.75) is 52.9 Å². The second-order valence-corrected chi connectivity index (χ2v) is 5.43. The summed E-state index contributed by atoms with van der Waals surface area (Å²) in [7, 11) is 3.61. The highest BCUT2D eigenvalue weighted by atomic mass is 16.5.